The highest BCUT2D eigenvalue weighted by Gasteiger charge is 2.20. The van der Waals surface area contributed by atoms with E-state index in [0.29, 0.717) is 12.0 Å². The fourth-order valence-electron chi connectivity index (χ4n) is 2.65. The Morgan fingerprint density at radius 1 is 1.39 bits per heavy atom. The van der Waals surface area contributed by atoms with E-state index in [9.17, 15) is 4.39 Å². The Morgan fingerprint density at radius 3 is 2.89 bits per heavy atom. The summed E-state index contributed by atoms with van der Waals surface area (Å²) in [6.45, 7) is 7.34. The molecule has 3 heteroatoms. The Bertz CT molecular complexity index is 379. The molecular formula is C15H23FN2. The van der Waals surface area contributed by atoms with Gasteiger partial charge in [0.25, 0.3) is 0 Å². The smallest absolute Gasteiger partial charge is 0.146 e. The van der Waals surface area contributed by atoms with Crippen LogP contribution in [0.1, 0.15) is 26.7 Å². The predicted octanol–water partition coefficient (Wildman–Crippen LogP) is 3.04. The maximum absolute atomic E-state index is 13.8. The van der Waals surface area contributed by atoms with Gasteiger partial charge in [-0.15, -0.1) is 0 Å². The molecule has 18 heavy (non-hydrogen) atoms. The van der Waals surface area contributed by atoms with Crippen molar-refractivity contribution in [2.45, 2.75) is 32.7 Å². The minimum absolute atomic E-state index is 0.109. The highest BCUT2D eigenvalue weighted by atomic mass is 19.1. The van der Waals surface area contributed by atoms with Crippen LogP contribution in [0.25, 0.3) is 0 Å². The fourth-order valence-corrected chi connectivity index (χ4v) is 2.65. The standard InChI is InChI=1S/C15H23FN2/c1-12(2)10-13-11-18(9-5-8-17-13)15-7-4-3-6-14(15)16/h3-4,6-7,12-13,17H,5,8-11H2,1-2H3. The molecule has 1 fully saturated rings. The summed E-state index contributed by atoms with van der Waals surface area (Å²) < 4.78 is 13.8. The molecule has 1 unspecified atom stereocenters. The lowest BCUT2D eigenvalue weighted by atomic mass is 10.0. The molecule has 1 aliphatic heterocycles. The highest BCUT2D eigenvalue weighted by molar-refractivity contribution is 5.47. The van der Waals surface area contributed by atoms with Crippen molar-refractivity contribution in [3.63, 3.8) is 0 Å². The van der Waals surface area contributed by atoms with E-state index in [1.54, 1.807) is 12.1 Å². The van der Waals surface area contributed by atoms with Gasteiger partial charge < -0.3 is 10.2 Å². The Labute approximate surface area is 109 Å². The van der Waals surface area contributed by atoms with Gasteiger partial charge in [-0.3, -0.25) is 0 Å². The monoisotopic (exact) mass is 250 g/mol. The van der Waals surface area contributed by atoms with Crippen LogP contribution in [-0.4, -0.2) is 25.7 Å². The van der Waals surface area contributed by atoms with Gasteiger partial charge in [-0.05, 0) is 37.4 Å². The molecular weight excluding hydrogens is 227 g/mol. The van der Waals surface area contributed by atoms with E-state index >= 15 is 0 Å². The van der Waals surface area contributed by atoms with Crippen LogP contribution in [0.4, 0.5) is 10.1 Å². The molecule has 1 aliphatic rings. The normalized spacial score (nSPS) is 21.1. The lowest BCUT2D eigenvalue weighted by molar-refractivity contribution is 0.435. The first-order chi connectivity index (χ1) is 8.66. The number of hydrogen-bond acceptors (Lipinski definition) is 2. The second-order valence-corrected chi connectivity index (χ2v) is 5.53. The third kappa shape index (κ3) is 3.45. The predicted molar refractivity (Wildman–Crippen MR) is 74.5 cm³/mol. The van der Waals surface area contributed by atoms with Crippen molar-refractivity contribution in [3.8, 4) is 0 Å². The van der Waals surface area contributed by atoms with Crippen LogP contribution >= 0.6 is 0 Å². The molecule has 2 rings (SSSR count). The fraction of sp³-hybridized carbons (Fsp3) is 0.600. The lowest BCUT2D eigenvalue weighted by Crippen LogP contribution is -2.38. The Kier molecular flexibility index (Phi) is 4.59. The molecule has 0 saturated carbocycles. The summed E-state index contributed by atoms with van der Waals surface area (Å²) in [5.41, 5.74) is 0.745. The second-order valence-electron chi connectivity index (χ2n) is 5.53. The molecule has 0 bridgehead atoms. The Morgan fingerprint density at radius 2 is 2.17 bits per heavy atom. The summed E-state index contributed by atoms with van der Waals surface area (Å²) in [4.78, 5) is 2.18. The van der Waals surface area contributed by atoms with Crippen molar-refractivity contribution in [2.75, 3.05) is 24.5 Å². The zero-order chi connectivity index (χ0) is 13.0. The van der Waals surface area contributed by atoms with Gasteiger partial charge in [0.2, 0.25) is 0 Å². The number of nitrogens with one attached hydrogen (secondary N) is 1. The summed E-state index contributed by atoms with van der Waals surface area (Å²) in [5, 5.41) is 3.57. The van der Waals surface area contributed by atoms with Crippen molar-refractivity contribution in [2.24, 2.45) is 5.92 Å². The number of halogens is 1. The SMILES string of the molecule is CC(C)CC1CN(c2ccccc2F)CCCN1. The summed E-state index contributed by atoms with van der Waals surface area (Å²) >= 11 is 0. The van der Waals surface area contributed by atoms with Gasteiger partial charge in [-0.2, -0.15) is 0 Å². The van der Waals surface area contributed by atoms with Crippen LogP contribution < -0.4 is 10.2 Å². The van der Waals surface area contributed by atoms with Gasteiger partial charge in [0, 0.05) is 19.1 Å². The minimum atomic E-state index is -0.109. The molecule has 100 valence electrons. The maximum atomic E-state index is 13.8. The zero-order valence-electron chi connectivity index (χ0n) is 11.3. The van der Waals surface area contributed by atoms with Crippen LogP contribution in [0.15, 0.2) is 24.3 Å². The van der Waals surface area contributed by atoms with E-state index in [2.05, 4.69) is 24.1 Å². The summed E-state index contributed by atoms with van der Waals surface area (Å²) in [6, 6.07) is 7.56. The molecule has 1 N–H and O–H groups in total. The lowest BCUT2D eigenvalue weighted by Gasteiger charge is -2.27. The summed E-state index contributed by atoms with van der Waals surface area (Å²) in [6.07, 6.45) is 2.22. The molecule has 0 aliphatic carbocycles. The van der Waals surface area contributed by atoms with Crippen LogP contribution in [-0.2, 0) is 0 Å². The molecule has 0 amide bonds. The van der Waals surface area contributed by atoms with Crippen LogP contribution in [0.2, 0.25) is 0 Å². The average Bonchev–Trinajstić information content (AvgIpc) is 2.54. The molecule has 2 nitrogen and oxygen atoms in total. The van der Waals surface area contributed by atoms with E-state index in [1.165, 1.54) is 0 Å². The molecule has 1 atom stereocenters. The number of benzene rings is 1. The molecule has 0 radical (unpaired) electrons. The molecule has 1 aromatic rings. The van der Waals surface area contributed by atoms with Crippen molar-refractivity contribution in [1.82, 2.24) is 5.32 Å². The zero-order valence-corrected chi connectivity index (χ0v) is 11.3. The van der Waals surface area contributed by atoms with Gasteiger partial charge in [0.1, 0.15) is 5.82 Å². The molecule has 1 aromatic carbocycles. The topological polar surface area (TPSA) is 15.3 Å². The van der Waals surface area contributed by atoms with Crippen molar-refractivity contribution in [3.05, 3.63) is 30.1 Å². The third-order valence-electron chi connectivity index (χ3n) is 3.43. The number of rotatable bonds is 3. The Balaban J connectivity index is 2.09. The van der Waals surface area contributed by atoms with Gasteiger partial charge >= 0.3 is 0 Å². The number of hydrogen-bond donors (Lipinski definition) is 1. The summed E-state index contributed by atoms with van der Waals surface area (Å²) in [7, 11) is 0. The Hall–Kier alpha value is -1.09. The number of para-hydroxylation sites is 1. The van der Waals surface area contributed by atoms with E-state index < -0.39 is 0 Å². The first kappa shape index (κ1) is 13.3. The minimum Gasteiger partial charge on any atom is -0.368 e. The van der Waals surface area contributed by atoms with Crippen LogP contribution in [0.5, 0.6) is 0 Å². The van der Waals surface area contributed by atoms with Gasteiger partial charge in [-0.25, -0.2) is 4.39 Å². The van der Waals surface area contributed by atoms with E-state index in [-0.39, 0.29) is 5.82 Å². The molecule has 1 heterocycles. The molecule has 0 spiro atoms. The van der Waals surface area contributed by atoms with Crippen molar-refractivity contribution < 1.29 is 4.39 Å². The molecule has 0 aromatic heterocycles. The van der Waals surface area contributed by atoms with E-state index in [4.69, 9.17) is 0 Å². The second kappa shape index (κ2) is 6.19. The average molecular weight is 250 g/mol. The van der Waals surface area contributed by atoms with Crippen LogP contribution in [0, 0.1) is 11.7 Å². The quantitative estimate of drug-likeness (QED) is 0.887. The summed E-state index contributed by atoms with van der Waals surface area (Å²) in [5.74, 6) is 0.561. The van der Waals surface area contributed by atoms with Crippen molar-refractivity contribution in [1.29, 1.82) is 0 Å². The van der Waals surface area contributed by atoms with Crippen molar-refractivity contribution >= 4 is 5.69 Å². The van der Waals surface area contributed by atoms with E-state index in [0.717, 1.165) is 38.2 Å². The highest BCUT2D eigenvalue weighted by Crippen LogP contribution is 2.21. The van der Waals surface area contributed by atoms with Gasteiger partial charge in [0.05, 0.1) is 5.69 Å². The largest absolute Gasteiger partial charge is 0.368 e. The third-order valence-corrected chi connectivity index (χ3v) is 3.43. The number of anilines is 1. The number of nitrogens with zero attached hydrogens (tertiary/aromatic N) is 1. The molecule has 1 saturated heterocycles. The van der Waals surface area contributed by atoms with Crippen LogP contribution in [0.3, 0.4) is 0 Å². The van der Waals surface area contributed by atoms with E-state index in [1.807, 2.05) is 12.1 Å². The van der Waals surface area contributed by atoms with Gasteiger partial charge in [0.15, 0.2) is 0 Å². The first-order valence-corrected chi connectivity index (χ1v) is 6.89. The van der Waals surface area contributed by atoms with Gasteiger partial charge in [-0.1, -0.05) is 26.0 Å². The maximum Gasteiger partial charge on any atom is 0.146 e. The first-order valence-electron chi connectivity index (χ1n) is 6.89.